The van der Waals surface area contributed by atoms with Crippen LogP contribution in [0.15, 0.2) is 0 Å². The molecule has 0 aliphatic carbocycles. The Balaban J connectivity index is -0.00000134. The molecule has 5 atom stereocenters. The molecule has 0 fully saturated rings. The first-order valence-electron chi connectivity index (χ1n) is 10.7. The second-order valence-corrected chi connectivity index (χ2v) is 9.29. The van der Waals surface area contributed by atoms with Gasteiger partial charge in [0.05, 0.1) is 30.5 Å². The Morgan fingerprint density at radius 1 is 0.545 bits per heavy atom. The fourth-order valence-corrected chi connectivity index (χ4v) is 3.24. The van der Waals surface area contributed by atoms with Crippen LogP contribution in [0.4, 0.5) is 0 Å². The number of aliphatic hydroxyl groups is 5. The zero-order valence-electron chi connectivity index (χ0n) is 20.2. The Morgan fingerprint density at radius 2 is 0.697 bits per heavy atom. The molecule has 0 saturated carbocycles. The van der Waals surface area contributed by atoms with Gasteiger partial charge in [0.2, 0.25) is 0 Å². The maximum atomic E-state index is 9.81. The van der Waals surface area contributed by atoms with Crippen LogP contribution in [0.25, 0.3) is 0 Å². The van der Waals surface area contributed by atoms with Crippen molar-refractivity contribution in [3.63, 3.8) is 0 Å². The molecule has 1 radical (unpaired) electrons. The van der Waals surface area contributed by atoms with E-state index in [4.69, 9.17) is 17.5 Å². The Kier molecular flexibility index (Phi) is 23.1. The van der Waals surface area contributed by atoms with Gasteiger partial charge in [-0.05, 0) is 34.6 Å². The van der Waals surface area contributed by atoms with Crippen molar-refractivity contribution < 1.29 is 60.1 Å². The van der Waals surface area contributed by atoms with Gasteiger partial charge in [-0.25, -0.2) is 0 Å². The van der Waals surface area contributed by atoms with Crippen LogP contribution in [0, 0.1) is 0 Å². The fourth-order valence-electron chi connectivity index (χ4n) is 3.24. The van der Waals surface area contributed by atoms with Crippen LogP contribution in [0.2, 0.25) is 0 Å². The SMILES string of the molecule is CC(O)CN(CCN(CC(C)O)CC(C)O)CCN(CC(C)O)CC(C)O.O=S(=O)([O-])[O-].[Cu+2]. The molecule has 0 spiro atoms. The second kappa shape index (κ2) is 20.3. The summed E-state index contributed by atoms with van der Waals surface area (Å²) in [5, 5.41) is 48.4. The average Bonchev–Trinajstić information content (AvgIpc) is 2.52. The van der Waals surface area contributed by atoms with Crippen molar-refractivity contribution in [3.05, 3.63) is 0 Å². The zero-order chi connectivity index (χ0) is 25.5. The molecule has 0 bridgehead atoms. The van der Waals surface area contributed by atoms with Crippen molar-refractivity contribution in [2.75, 3.05) is 58.9 Å². The molecule has 5 N–H and O–H groups in total. The van der Waals surface area contributed by atoms with E-state index in [0.29, 0.717) is 58.9 Å². The molecule has 12 nitrogen and oxygen atoms in total. The van der Waals surface area contributed by atoms with Crippen LogP contribution in [-0.2, 0) is 27.5 Å². The molecule has 0 rings (SSSR count). The summed E-state index contributed by atoms with van der Waals surface area (Å²) in [6.45, 7) is 13.9. The van der Waals surface area contributed by atoms with Crippen molar-refractivity contribution in [2.24, 2.45) is 0 Å². The van der Waals surface area contributed by atoms with Gasteiger partial charge in [0.1, 0.15) is 0 Å². The van der Waals surface area contributed by atoms with Crippen molar-refractivity contribution >= 4 is 10.4 Å². The van der Waals surface area contributed by atoms with E-state index in [-0.39, 0.29) is 17.1 Å². The van der Waals surface area contributed by atoms with Crippen LogP contribution in [-0.4, -0.2) is 147 Å². The Bertz CT molecular complexity index is 497. The average molecular weight is 553 g/mol. The van der Waals surface area contributed by atoms with Crippen LogP contribution in [0.3, 0.4) is 0 Å². The number of nitrogens with zero attached hydrogens (tertiary/aromatic N) is 3. The molecule has 0 aromatic rings. The topological polar surface area (TPSA) is 191 Å². The van der Waals surface area contributed by atoms with Gasteiger partial charge in [0.15, 0.2) is 0 Å². The summed E-state index contributed by atoms with van der Waals surface area (Å²) in [5.41, 5.74) is 0. The summed E-state index contributed by atoms with van der Waals surface area (Å²) in [6, 6.07) is 0. The fraction of sp³-hybridized carbons (Fsp3) is 1.00. The molecule has 0 aromatic heterocycles. The molecule has 0 aliphatic rings. The molecule has 0 aliphatic heterocycles. The standard InChI is InChI=1S/C19H43N3O5.Cu.H2O4S/c1-15(23)10-20(6-8-21(11-16(2)24)12-17(3)25)7-9-22(13-18(4)26)14-19(5)27;;1-5(2,3)4/h15-19,23-27H,6-14H2,1-5H3;;(H2,1,2,3,4)/q;+2;/p-2. The molecule has 5 unspecified atom stereocenters. The molecule has 33 heavy (non-hydrogen) atoms. The van der Waals surface area contributed by atoms with Crippen LogP contribution in [0.1, 0.15) is 34.6 Å². The van der Waals surface area contributed by atoms with Crippen LogP contribution >= 0.6 is 0 Å². The summed E-state index contributed by atoms with van der Waals surface area (Å²) < 4.78 is 34.1. The largest absolute Gasteiger partial charge is 2.00 e. The van der Waals surface area contributed by atoms with Gasteiger partial charge < -0.3 is 34.6 Å². The first-order valence-corrected chi connectivity index (χ1v) is 12.1. The van der Waals surface area contributed by atoms with Crippen LogP contribution < -0.4 is 0 Å². The molecular formula is C19H43CuN3O9S. The van der Waals surface area contributed by atoms with Gasteiger partial charge in [0, 0.05) is 69.3 Å². The van der Waals surface area contributed by atoms with Gasteiger partial charge in [-0.15, -0.1) is 0 Å². The Labute approximate surface area is 209 Å². The van der Waals surface area contributed by atoms with E-state index in [9.17, 15) is 25.5 Å². The summed E-state index contributed by atoms with van der Waals surface area (Å²) in [6.07, 6.45) is -2.35. The minimum absolute atomic E-state index is 0. The molecule has 0 aromatic carbocycles. The van der Waals surface area contributed by atoms with Gasteiger partial charge in [0.25, 0.3) is 0 Å². The van der Waals surface area contributed by atoms with Gasteiger partial charge in [-0.1, -0.05) is 0 Å². The molecule has 0 amide bonds. The van der Waals surface area contributed by atoms with Gasteiger partial charge in [-0.2, -0.15) is 0 Å². The minimum atomic E-state index is -5.17. The first-order chi connectivity index (χ1) is 14.5. The summed E-state index contributed by atoms with van der Waals surface area (Å²) in [4.78, 5) is 6.18. The normalized spacial score (nSPS) is 16.6. The Morgan fingerprint density at radius 3 is 0.879 bits per heavy atom. The second-order valence-electron chi connectivity index (χ2n) is 8.47. The van der Waals surface area contributed by atoms with Crippen LogP contribution in [0.5, 0.6) is 0 Å². The quantitative estimate of drug-likeness (QED) is 0.0766. The third-order valence-electron chi connectivity index (χ3n) is 4.08. The van der Waals surface area contributed by atoms with E-state index in [0.717, 1.165) is 0 Å². The smallest absolute Gasteiger partial charge is 0.759 e. The van der Waals surface area contributed by atoms with Crippen molar-refractivity contribution in [3.8, 4) is 0 Å². The van der Waals surface area contributed by atoms with E-state index in [1.54, 1.807) is 34.6 Å². The van der Waals surface area contributed by atoms with E-state index in [1.807, 2.05) is 9.80 Å². The van der Waals surface area contributed by atoms with Gasteiger partial charge in [-0.3, -0.25) is 23.1 Å². The number of aliphatic hydroxyl groups excluding tert-OH is 5. The molecule has 0 saturated heterocycles. The van der Waals surface area contributed by atoms with Crippen molar-refractivity contribution in [1.29, 1.82) is 0 Å². The molecular weight excluding hydrogens is 510 g/mol. The molecule has 205 valence electrons. The maximum Gasteiger partial charge on any atom is 2.00 e. The third-order valence-corrected chi connectivity index (χ3v) is 4.08. The summed E-state index contributed by atoms with van der Waals surface area (Å²) in [5.74, 6) is 0. The van der Waals surface area contributed by atoms with Crippen molar-refractivity contribution in [1.82, 2.24) is 14.7 Å². The number of rotatable bonds is 16. The first kappa shape index (κ1) is 37.6. The molecule has 14 heteroatoms. The maximum absolute atomic E-state index is 9.81. The predicted octanol–water partition coefficient (Wildman–Crippen LogP) is -2.54. The summed E-state index contributed by atoms with van der Waals surface area (Å²) >= 11 is 0. The monoisotopic (exact) mass is 552 g/mol. The number of hydrogen-bond donors (Lipinski definition) is 5. The van der Waals surface area contributed by atoms with E-state index in [2.05, 4.69) is 4.90 Å². The van der Waals surface area contributed by atoms with Crippen molar-refractivity contribution in [2.45, 2.75) is 65.1 Å². The Hall–Kier alpha value is 0.0695. The minimum Gasteiger partial charge on any atom is -0.759 e. The zero-order valence-corrected chi connectivity index (χ0v) is 21.9. The predicted molar refractivity (Wildman–Crippen MR) is 118 cm³/mol. The molecule has 0 heterocycles. The van der Waals surface area contributed by atoms with Gasteiger partial charge >= 0.3 is 17.1 Å². The van der Waals surface area contributed by atoms with E-state index >= 15 is 0 Å². The summed E-state index contributed by atoms with van der Waals surface area (Å²) in [7, 11) is -5.17. The number of hydrogen-bond acceptors (Lipinski definition) is 12. The third kappa shape index (κ3) is 32.1. The van der Waals surface area contributed by atoms with E-state index < -0.39 is 40.9 Å². The van der Waals surface area contributed by atoms with E-state index in [1.165, 1.54) is 0 Å².